The Kier molecular flexibility index (Phi) is 4.35. The largest absolute Gasteiger partial charge is 0.386 e. The average molecular weight is 201 g/mol. The summed E-state index contributed by atoms with van der Waals surface area (Å²) in [5.74, 6) is 0.220. The highest BCUT2D eigenvalue weighted by molar-refractivity contribution is 4.95. The van der Waals surface area contributed by atoms with Gasteiger partial charge in [0.25, 0.3) is 0 Å². The summed E-state index contributed by atoms with van der Waals surface area (Å²) in [5, 5.41) is 13.9. The average Bonchev–Trinajstić information content (AvgIpc) is 2.19. The summed E-state index contributed by atoms with van der Waals surface area (Å²) in [5.41, 5.74) is -0.713. The Bertz CT molecular complexity index is 167. The van der Waals surface area contributed by atoms with Crippen LogP contribution in [-0.4, -0.2) is 37.0 Å². The fourth-order valence-corrected chi connectivity index (χ4v) is 2.18. The van der Waals surface area contributed by atoms with Crippen LogP contribution in [0.3, 0.4) is 0 Å². The molecular weight excluding hydrogens is 178 g/mol. The lowest BCUT2D eigenvalue weighted by molar-refractivity contribution is -0.0945. The minimum atomic E-state index is -0.713. The lowest BCUT2D eigenvalue weighted by Crippen LogP contribution is -2.58. The summed E-state index contributed by atoms with van der Waals surface area (Å²) in [4.78, 5) is 0. The third-order valence-corrected chi connectivity index (χ3v) is 3.29. The van der Waals surface area contributed by atoms with Crippen LogP contribution in [0.1, 0.15) is 33.1 Å². The minimum absolute atomic E-state index is 0.191. The van der Waals surface area contributed by atoms with Crippen molar-refractivity contribution in [3.63, 3.8) is 0 Å². The van der Waals surface area contributed by atoms with Gasteiger partial charge in [0.15, 0.2) is 0 Å². The van der Waals surface area contributed by atoms with Gasteiger partial charge in [-0.15, -0.1) is 0 Å². The standard InChI is InChI=1S/C11H23NO2/c1-9(2)11(13,8-14-3)10-6-4-5-7-12-10/h9-10,12-13H,4-8H2,1-3H3. The molecule has 0 bridgehead atoms. The number of nitrogens with one attached hydrogen (secondary N) is 1. The highest BCUT2D eigenvalue weighted by Crippen LogP contribution is 2.26. The van der Waals surface area contributed by atoms with Crippen molar-refractivity contribution in [1.82, 2.24) is 5.32 Å². The van der Waals surface area contributed by atoms with Crippen molar-refractivity contribution >= 4 is 0 Å². The molecule has 0 aromatic rings. The molecule has 14 heavy (non-hydrogen) atoms. The Morgan fingerprint density at radius 1 is 1.50 bits per heavy atom. The van der Waals surface area contributed by atoms with Gasteiger partial charge in [-0.2, -0.15) is 0 Å². The summed E-state index contributed by atoms with van der Waals surface area (Å²) in [6, 6.07) is 0.191. The first kappa shape index (κ1) is 12.0. The van der Waals surface area contributed by atoms with Gasteiger partial charge < -0.3 is 15.2 Å². The fourth-order valence-electron chi connectivity index (χ4n) is 2.18. The topological polar surface area (TPSA) is 41.5 Å². The van der Waals surface area contributed by atoms with E-state index in [1.54, 1.807) is 7.11 Å². The normalized spacial score (nSPS) is 27.6. The first-order chi connectivity index (χ1) is 6.61. The number of aliphatic hydroxyl groups is 1. The van der Waals surface area contributed by atoms with Crippen molar-refractivity contribution in [3.8, 4) is 0 Å². The molecule has 3 nitrogen and oxygen atoms in total. The molecule has 0 radical (unpaired) electrons. The summed E-state index contributed by atoms with van der Waals surface area (Å²) >= 11 is 0. The minimum Gasteiger partial charge on any atom is -0.386 e. The monoisotopic (exact) mass is 201 g/mol. The summed E-state index contributed by atoms with van der Waals surface area (Å²) < 4.78 is 5.13. The SMILES string of the molecule is COCC(O)(C(C)C)C1CCCCN1. The Morgan fingerprint density at radius 3 is 2.64 bits per heavy atom. The van der Waals surface area contributed by atoms with E-state index in [4.69, 9.17) is 4.74 Å². The number of piperidine rings is 1. The van der Waals surface area contributed by atoms with Crippen molar-refractivity contribution in [2.24, 2.45) is 5.92 Å². The van der Waals surface area contributed by atoms with Crippen LogP contribution in [0.15, 0.2) is 0 Å². The quantitative estimate of drug-likeness (QED) is 0.717. The number of hydrogen-bond acceptors (Lipinski definition) is 3. The zero-order valence-electron chi connectivity index (χ0n) is 9.55. The molecule has 0 aliphatic carbocycles. The number of methoxy groups -OCH3 is 1. The molecule has 1 heterocycles. The van der Waals surface area contributed by atoms with Crippen LogP contribution >= 0.6 is 0 Å². The van der Waals surface area contributed by atoms with Crippen LogP contribution in [0.4, 0.5) is 0 Å². The first-order valence-corrected chi connectivity index (χ1v) is 5.56. The Labute approximate surface area is 86.8 Å². The van der Waals surface area contributed by atoms with Gasteiger partial charge in [0.2, 0.25) is 0 Å². The van der Waals surface area contributed by atoms with Gasteiger partial charge >= 0.3 is 0 Å². The molecular formula is C11H23NO2. The van der Waals surface area contributed by atoms with Gasteiger partial charge in [0.1, 0.15) is 5.60 Å². The smallest absolute Gasteiger partial charge is 0.105 e. The third-order valence-electron chi connectivity index (χ3n) is 3.29. The Morgan fingerprint density at radius 2 is 2.21 bits per heavy atom. The molecule has 3 heteroatoms. The second kappa shape index (κ2) is 5.10. The molecule has 0 aromatic carbocycles. The highest BCUT2D eigenvalue weighted by atomic mass is 16.5. The van der Waals surface area contributed by atoms with E-state index in [1.807, 2.05) is 0 Å². The van der Waals surface area contributed by atoms with Crippen LogP contribution in [0.2, 0.25) is 0 Å². The Hall–Kier alpha value is -0.120. The third kappa shape index (κ3) is 2.47. The molecule has 0 aromatic heterocycles. The molecule has 0 saturated carbocycles. The molecule has 1 fully saturated rings. The van der Waals surface area contributed by atoms with Crippen molar-refractivity contribution < 1.29 is 9.84 Å². The molecule has 1 aliphatic rings. The second-order valence-electron chi connectivity index (χ2n) is 4.58. The van der Waals surface area contributed by atoms with Crippen LogP contribution < -0.4 is 5.32 Å². The van der Waals surface area contributed by atoms with E-state index in [0.717, 1.165) is 13.0 Å². The maximum absolute atomic E-state index is 10.5. The van der Waals surface area contributed by atoms with Gasteiger partial charge in [-0.3, -0.25) is 0 Å². The highest BCUT2D eigenvalue weighted by Gasteiger charge is 2.40. The van der Waals surface area contributed by atoms with E-state index in [1.165, 1.54) is 12.8 Å². The molecule has 1 aliphatic heterocycles. The predicted octanol–water partition coefficient (Wildman–Crippen LogP) is 1.16. The van der Waals surface area contributed by atoms with Crippen molar-refractivity contribution in [2.45, 2.75) is 44.8 Å². The van der Waals surface area contributed by atoms with Crippen LogP contribution in [0.25, 0.3) is 0 Å². The predicted molar refractivity (Wildman–Crippen MR) is 57.3 cm³/mol. The van der Waals surface area contributed by atoms with Crippen molar-refractivity contribution in [3.05, 3.63) is 0 Å². The van der Waals surface area contributed by atoms with Gasteiger partial charge in [0.05, 0.1) is 6.61 Å². The first-order valence-electron chi connectivity index (χ1n) is 5.56. The lowest BCUT2D eigenvalue weighted by atomic mass is 9.80. The summed E-state index contributed by atoms with van der Waals surface area (Å²) in [7, 11) is 1.65. The summed E-state index contributed by atoms with van der Waals surface area (Å²) in [6.07, 6.45) is 3.48. The fraction of sp³-hybridized carbons (Fsp3) is 1.00. The molecule has 0 spiro atoms. The van der Waals surface area contributed by atoms with Crippen LogP contribution in [-0.2, 0) is 4.74 Å². The zero-order valence-corrected chi connectivity index (χ0v) is 9.55. The van der Waals surface area contributed by atoms with Crippen molar-refractivity contribution in [2.75, 3.05) is 20.3 Å². The lowest BCUT2D eigenvalue weighted by Gasteiger charge is -2.41. The van der Waals surface area contributed by atoms with E-state index < -0.39 is 5.60 Å². The second-order valence-corrected chi connectivity index (χ2v) is 4.58. The van der Waals surface area contributed by atoms with Crippen molar-refractivity contribution in [1.29, 1.82) is 0 Å². The van der Waals surface area contributed by atoms with E-state index in [0.29, 0.717) is 6.61 Å². The zero-order chi connectivity index (χ0) is 10.6. The van der Waals surface area contributed by atoms with Crippen LogP contribution in [0.5, 0.6) is 0 Å². The van der Waals surface area contributed by atoms with E-state index >= 15 is 0 Å². The van der Waals surface area contributed by atoms with Gasteiger partial charge in [-0.1, -0.05) is 20.3 Å². The van der Waals surface area contributed by atoms with Gasteiger partial charge in [-0.25, -0.2) is 0 Å². The maximum Gasteiger partial charge on any atom is 0.105 e. The molecule has 2 unspecified atom stereocenters. The summed E-state index contributed by atoms with van der Waals surface area (Å²) in [6.45, 7) is 5.54. The van der Waals surface area contributed by atoms with Gasteiger partial charge in [-0.05, 0) is 25.3 Å². The van der Waals surface area contributed by atoms with E-state index in [-0.39, 0.29) is 12.0 Å². The van der Waals surface area contributed by atoms with Crippen LogP contribution in [0, 0.1) is 5.92 Å². The van der Waals surface area contributed by atoms with E-state index in [2.05, 4.69) is 19.2 Å². The molecule has 2 N–H and O–H groups in total. The number of ether oxygens (including phenoxy) is 1. The molecule has 0 amide bonds. The van der Waals surface area contributed by atoms with E-state index in [9.17, 15) is 5.11 Å². The number of hydrogen-bond donors (Lipinski definition) is 2. The Balaban J connectivity index is 2.64. The molecule has 1 rings (SSSR count). The maximum atomic E-state index is 10.5. The molecule has 2 atom stereocenters. The molecule has 84 valence electrons. The van der Waals surface area contributed by atoms with Gasteiger partial charge in [0, 0.05) is 13.2 Å². The molecule has 1 saturated heterocycles. The number of rotatable bonds is 4.